The Morgan fingerprint density at radius 3 is 2.92 bits per heavy atom. The summed E-state index contributed by atoms with van der Waals surface area (Å²) >= 11 is 1.47. The molecule has 0 bridgehead atoms. The molecule has 3 aromatic rings. The van der Waals surface area contributed by atoms with Crippen LogP contribution in [0, 0.1) is 0 Å². The van der Waals surface area contributed by atoms with E-state index in [1.54, 1.807) is 7.11 Å². The highest BCUT2D eigenvalue weighted by Crippen LogP contribution is 2.23. The molecular weight excluding hydrogens is 348 g/mol. The maximum atomic E-state index is 12.4. The van der Waals surface area contributed by atoms with E-state index in [0.717, 1.165) is 15.8 Å². The van der Waals surface area contributed by atoms with Crippen LogP contribution in [0.15, 0.2) is 42.0 Å². The highest BCUT2D eigenvalue weighted by atomic mass is 35.5. The second-order valence-electron chi connectivity index (χ2n) is 4.92. The summed E-state index contributed by atoms with van der Waals surface area (Å²) in [6, 6.07) is 8.97. The number of hydrogen-bond acceptors (Lipinski definition) is 6. The van der Waals surface area contributed by atoms with Crippen LogP contribution in [0.2, 0.25) is 0 Å². The number of fused-ring (bicyclic) bond motifs is 1. The van der Waals surface area contributed by atoms with Gasteiger partial charge in [-0.2, -0.15) is 0 Å². The van der Waals surface area contributed by atoms with E-state index < -0.39 is 0 Å². The minimum Gasteiger partial charge on any atom is -0.496 e. The number of carbonyl (C=O) groups excluding carboxylic acids is 1. The van der Waals surface area contributed by atoms with Gasteiger partial charge in [0.1, 0.15) is 22.6 Å². The zero-order valence-electron chi connectivity index (χ0n) is 12.9. The Kier molecular flexibility index (Phi) is 6.08. The van der Waals surface area contributed by atoms with Gasteiger partial charge in [0.15, 0.2) is 0 Å². The maximum Gasteiger partial charge on any atom is 0.270 e. The number of amides is 1. The minimum absolute atomic E-state index is 0. The van der Waals surface area contributed by atoms with Crippen molar-refractivity contribution in [3.8, 4) is 5.75 Å². The monoisotopic (exact) mass is 364 g/mol. The smallest absolute Gasteiger partial charge is 0.270 e. The van der Waals surface area contributed by atoms with E-state index in [4.69, 9.17) is 10.5 Å². The molecule has 2 heterocycles. The first-order chi connectivity index (χ1) is 11.2. The Hall–Kier alpha value is -2.22. The molecule has 1 aromatic carbocycles. The normalized spacial score (nSPS) is 11.6. The Bertz CT molecular complexity index is 840. The average molecular weight is 365 g/mol. The van der Waals surface area contributed by atoms with Crippen LogP contribution in [0.25, 0.3) is 10.2 Å². The second kappa shape index (κ2) is 8.05. The number of nitrogens with one attached hydrogen (secondary N) is 1. The Balaban J connectivity index is 0.00000208. The van der Waals surface area contributed by atoms with Crippen molar-refractivity contribution in [1.82, 2.24) is 15.3 Å². The topological polar surface area (TPSA) is 90.1 Å². The number of benzene rings is 1. The molecule has 24 heavy (non-hydrogen) atoms. The Morgan fingerprint density at radius 2 is 2.12 bits per heavy atom. The van der Waals surface area contributed by atoms with Crippen molar-refractivity contribution < 1.29 is 9.53 Å². The van der Waals surface area contributed by atoms with Gasteiger partial charge in [-0.15, -0.1) is 23.7 Å². The number of rotatable bonds is 5. The van der Waals surface area contributed by atoms with E-state index in [2.05, 4.69) is 15.3 Å². The van der Waals surface area contributed by atoms with Crippen LogP contribution < -0.4 is 15.8 Å². The minimum atomic E-state index is -0.366. The number of methoxy groups -OCH3 is 1. The summed E-state index contributed by atoms with van der Waals surface area (Å²) in [6.07, 6.45) is 1.40. The Labute approximate surface area is 149 Å². The molecule has 0 saturated carbocycles. The molecule has 8 heteroatoms. The average Bonchev–Trinajstić information content (AvgIpc) is 3.07. The van der Waals surface area contributed by atoms with Crippen molar-refractivity contribution in [1.29, 1.82) is 0 Å². The fraction of sp³-hybridized carbons (Fsp3) is 0.188. The third-order valence-electron chi connectivity index (χ3n) is 3.50. The summed E-state index contributed by atoms with van der Waals surface area (Å²) in [6.45, 7) is 0.287. The van der Waals surface area contributed by atoms with E-state index >= 15 is 0 Å². The fourth-order valence-corrected chi connectivity index (χ4v) is 3.07. The summed E-state index contributed by atoms with van der Waals surface area (Å²) in [5, 5.41) is 5.46. The number of ether oxygens (including phenoxy) is 1. The zero-order valence-corrected chi connectivity index (χ0v) is 14.6. The molecule has 126 valence electrons. The van der Waals surface area contributed by atoms with Crippen LogP contribution in [0.5, 0.6) is 5.75 Å². The molecule has 3 N–H and O–H groups in total. The third kappa shape index (κ3) is 3.64. The number of nitrogens with zero attached hydrogens (tertiary/aromatic N) is 2. The van der Waals surface area contributed by atoms with E-state index in [0.29, 0.717) is 11.4 Å². The summed E-state index contributed by atoms with van der Waals surface area (Å²) < 4.78 is 5.29. The van der Waals surface area contributed by atoms with Gasteiger partial charge in [0.25, 0.3) is 5.91 Å². The van der Waals surface area contributed by atoms with Gasteiger partial charge < -0.3 is 15.8 Å². The van der Waals surface area contributed by atoms with Crippen LogP contribution in [0.3, 0.4) is 0 Å². The van der Waals surface area contributed by atoms with Crippen molar-refractivity contribution in [3.63, 3.8) is 0 Å². The first-order valence-corrected chi connectivity index (χ1v) is 7.93. The van der Waals surface area contributed by atoms with Gasteiger partial charge in [-0.25, -0.2) is 9.97 Å². The van der Waals surface area contributed by atoms with E-state index in [1.807, 2.05) is 35.7 Å². The van der Waals surface area contributed by atoms with Gasteiger partial charge in [0, 0.05) is 17.5 Å². The van der Waals surface area contributed by atoms with E-state index in [-0.39, 0.29) is 30.9 Å². The molecule has 6 nitrogen and oxygen atoms in total. The standard InChI is InChI=1S/C16H16N4O2S.ClH/c1-22-13-5-3-2-4-10(13)12(17)8-18-15(21)14-11-6-7-23-16(11)20-9-19-14;/h2-7,9,12H,8,17H2,1H3,(H,18,21);1H. The predicted molar refractivity (Wildman–Crippen MR) is 96.9 cm³/mol. The summed E-state index contributed by atoms with van der Waals surface area (Å²) in [5.41, 5.74) is 7.38. The lowest BCUT2D eigenvalue weighted by atomic mass is 10.1. The van der Waals surface area contributed by atoms with Crippen LogP contribution in [0.1, 0.15) is 22.1 Å². The number of nitrogens with two attached hydrogens (primary N) is 1. The fourth-order valence-electron chi connectivity index (χ4n) is 2.34. The molecule has 1 amide bonds. The van der Waals surface area contributed by atoms with Gasteiger partial charge in [-0.1, -0.05) is 18.2 Å². The van der Waals surface area contributed by atoms with Gasteiger partial charge in [-0.05, 0) is 17.5 Å². The van der Waals surface area contributed by atoms with Crippen molar-refractivity contribution in [2.45, 2.75) is 6.04 Å². The molecule has 1 unspecified atom stereocenters. The summed E-state index contributed by atoms with van der Waals surface area (Å²) in [7, 11) is 1.60. The SMILES string of the molecule is COc1ccccc1C(N)CNC(=O)c1ncnc2sccc12.Cl. The third-order valence-corrected chi connectivity index (χ3v) is 4.32. The molecule has 3 rings (SSSR count). The number of aromatic nitrogens is 2. The van der Waals surface area contributed by atoms with Crippen LogP contribution in [0.4, 0.5) is 0 Å². The largest absolute Gasteiger partial charge is 0.496 e. The Morgan fingerprint density at radius 1 is 1.33 bits per heavy atom. The van der Waals surface area contributed by atoms with Crippen LogP contribution >= 0.6 is 23.7 Å². The van der Waals surface area contributed by atoms with Crippen LogP contribution in [-0.2, 0) is 0 Å². The van der Waals surface area contributed by atoms with Crippen molar-refractivity contribution >= 4 is 39.9 Å². The lowest BCUT2D eigenvalue weighted by Gasteiger charge is -2.16. The number of hydrogen-bond donors (Lipinski definition) is 2. The molecule has 0 fully saturated rings. The molecule has 0 saturated heterocycles. The molecule has 1 atom stereocenters. The molecule has 2 aromatic heterocycles. The number of halogens is 1. The molecule has 0 aliphatic carbocycles. The zero-order chi connectivity index (χ0) is 16.2. The summed E-state index contributed by atoms with van der Waals surface area (Å²) in [5.74, 6) is 0.442. The van der Waals surface area contributed by atoms with Gasteiger partial charge in [0.05, 0.1) is 13.2 Å². The van der Waals surface area contributed by atoms with Gasteiger partial charge >= 0.3 is 0 Å². The number of thiophene rings is 1. The number of carbonyl (C=O) groups is 1. The summed E-state index contributed by atoms with van der Waals surface area (Å²) in [4.78, 5) is 21.4. The first-order valence-electron chi connectivity index (χ1n) is 7.05. The van der Waals surface area contributed by atoms with Crippen molar-refractivity contribution in [2.75, 3.05) is 13.7 Å². The number of para-hydroxylation sites is 1. The van der Waals surface area contributed by atoms with E-state index in [9.17, 15) is 4.79 Å². The highest BCUT2D eigenvalue weighted by Gasteiger charge is 2.16. The molecule has 0 aliphatic heterocycles. The van der Waals surface area contributed by atoms with E-state index in [1.165, 1.54) is 17.7 Å². The molecule has 0 radical (unpaired) electrons. The predicted octanol–water partition coefficient (Wildman–Crippen LogP) is 2.55. The quantitative estimate of drug-likeness (QED) is 0.726. The van der Waals surface area contributed by atoms with Crippen LogP contribution in [-0.4, -0.2) is 29.5 Å². The van der Waals surface area contributed by atoms with Crippen molar-refractivity contribution in [3.05, 3.63) is 53.3 Å². The highest BCUT2D eigenvalue weighted by molar-refractivity contribution is 7.16. The lowest BCUT2D eigenvalue weighted by Crippen LogP contribution is -2.32. The second-order valence-corrected chi connectivity index (χ2v) is 5.81. The van der Waals surface area contributed by atoms with Gasteiger partial charge in [-0.3, -0.25) is 4.79 Å². The van der Waals surface area contributed by atoms with Crippen molar-refractivity contribution in [2.24, 2.45) is 5.73 Å². The molecular formula is C16H17ClN4O2S. The maximum absolute atomic E-state index is 12.4. The first kappa shape index (κ1) is 18.1. The molecule has 0 aliphatic rings. The molecule has 0 spiro atoms. The lowest BCUT2D eigenvalue weighted by molar-refractivity contribution is 0.0948. The van der Waals surface area contributed by atoms with Gasteiger partial charge in [0.2, 0.25) is 0 Å².